The van der Waals surface area contributed by atoms with Crippen LogP contribution in [0.15, 0.2) is 12.4 Å². The molecule has 0 fully saturated rings. The topological polar surface area (TPSA) is 67.2 Å². The van der Waals surface area contributed by atoms with Gasteiger partial charge in [-0.1, -0.05) is 13.8 Å². The van der Waals surface area contributed by atoms with Crippen molar-refractivity contribution >= 4 is 27.3 Å². The third kappa shape index (κ3) is 4.83. The molecule has 0 aliphatic carbocycles. The van der Waals surface area contributed by atoms with Gasteiger partial charge in [-0.05, 0) is 13.1 Å². The number of alkyl halides is 1. The zero-order valence-electron chi connectivity index (χ0n) is 10.6. The van der Waals surface area contributed by atoms with Gasteiger partial charge < -0.3 is 4.90 Å². The first-order valence-corrected chi connectivity index (χ1v) is 8.00. The molecule has 0 bridgehead atoms. The Balaban J connectivity index is 2.53. The molecule has 0 unspecified atom stereocenters. The maximum Gasteiger partial charge on any atom is 0.246 e. The highest BCUT2D eigenvalue weighted by Gasteiger charge is 2.09. The minimum absolute atomic E-state index is 0.440. The van der Waals surface area contributed by atoms with Crippen LogP contribution in [0.2, 0.25) is 0 Å². The number of nitrogens with one attached hydrogen (secondary N) is 1. The van der Waals surface area contributed by atoms with Gasteiger partial charge in [-0.25, -0.2) is 8.42 Å². The van der Waals surface area contributed by atoms with Gasteiger partial charge in [0.15, 0.2) is 0 Å². The van der Waals surface area contributed by atoms with Crippen LogP contribution in [0, 0.1) is 0 Å². The highest BCUT2D eigenvalue weighted by molar-refractivity contribution is 7.93. The van der Waals surface area contributed by atoms with Gasteiger partial charge in [0.05, 0.1) is 18.4 Å². The number of nitrogens with zero attached hydrogens (tertiary/aromatic N) is 3. The first kappa shape index (κ1) is 15.3. The number of halogens is 1. The van der Waals surface area contributed by atoms with E-state index in [1.807, 2.05) is 0 Å². The summed E-state index contributed by atoms with van der Waals surface area (Å²) in [6, 6.07) is 0. The molecule has 0 spiro atoms. The second-order valence-electron chi connectivity index (χ2n) is 3.84. The van der Waals surface area contributed by atoms with Gasteiger partial charge in [-0.3, -0.25) is 9.40 Å². The molecule has 0 saturated heterocycles. The summed E-state index contributed by atoms with van der Waals surface area (Å²) in [5, 5.41) is 3.63. The van der Waals surface area contributed by atoms with E-state index in [-0.39, 0.29) is 0 Å². The molecule has 0 amide bonds. The lowest BCUT2D eigenvalue weighted by molar-refractivity contribution is 0.285. The molecule has 0 saturated carbocycles. The third-order valence-corrected chi connectivity index (χ3v) is 4.29. The number of hydrogen-bond acceptors (Lipinski definition) is 4. The van der Waals surface area contributed by atoms with Gasteiger partial charge in [-0.15, -0.1) is 11.6 Å². The van der Waals surface area contributed by atoms with Crippen molar-refractivity contribution in [2.75, 3.05) is 29.6 Å². The lowest BCUT2D eigenvalue weighted by Gasteiger charge is -2.17. The number of hydrogen-bond donors (Lipinski definition) is 1. The quantitative estimate of drug-likeness (QED) is 0.731. The van der Waals surface area contributed by atoms with E-state index in [9.17, 15) is 8.42 Å². The Kier molecular flexibility index (Phi) is 5.90. The first-order valence-electron chi connectivity index (χ1n) is 5.82. The Bertz CT molecular complexity index is 456. The van der Waals surface area contributed by atoms with Gasteiger partial charge in [0, 0.05) is 12.7 Å². The van der Waals surface area contributed by atoms with Crippen molar-refractivity contribution in [3.8, 4) is 0 Å². The van der Waals surface area contributed by atoms with Crippen LogP contribution in [0.1, 0.15) is 13.8 Å². The van der Waals surface area contributed by atoms with E-state index in [1.54, 1.807) is 10.9 Å². The summed E-state index contributed by atoms with van der Waals surface area (Å²) in [5.74, 6) is 0. The summed E-state index contributed by atoms with van der Waals surface area (Å²) in [5.41, 5.74) is 0.440. The summed E-state index contributed by atoms with van der Waals surface area (Å²) in [6.07, 6.45) is 3.14. The molecular formula is C10H19ClN4O2S. The molecule has 1 N–H and O–H groups in total. The number of rotatable bonds is 8. The molecule has 0 aliphatic rings. The fourth-order valence-electron chi connectivity index (χ4n) is 1.53. The molecule has 0 aromatic carbocycles. The summed E-state index contributed by atoms with van der Waals surface area (Å²) in [7, 11) is -3.45. The van der Waals surface area contributed by atoms with E-state index >= 15 is 0 Å². The largest absolute Gasteiger partial charge is 0.302 e. The molecule has 1 heterocycles. The lowest BCUT2D eigenvalue weighted by atomic mass is 10.4. The Labute approximate surface area is 113 Å². The maximum absolute atomic E-state index is 11.2. The predicted octanol–water partition coefficient (Wildman–Crippen LogP) is 1.16. The molecule has 1 rings (SSSR count). The van der Waals surface area contributed by atoms with Crippen LogP contribution >= 0.6 is 11.6 Å². The van der Waals surface area contributed by atoms with E-state index in [1.165, 1.54) is 6.20 Å². The maximum atomic E-state index is 11.2. The van der Waals surface area contributed by atoms with Gasteiger partial charge >= 0.3 is 0 Å². The fourth-order valence-corrected chi connectivity index (χ4v) is 2.21. The zero-order chi connectivity index (χ0) is 13.6. The van der Waals surface area contributed by atoms with Crippen LogP contribution in [0.4, 0.5) is 5.69 Å². The van der Waals surface area contributed by atoms with E-state index in [2.05, 4.69) is 28.6 Å². The van der Waals surface area contributed by atoms with Crippen LogP contribution in [-0.2, 0) is 16.6 Å². The Morgan fingerprint density at radius 3 is 2.67 bits per heavy atom. The Hall–Kier alpha value is -0.790. The van der Waals surface area contributed by atoms with Crippen LogP contribution in [-0.4, -0.2) is 47.9 Å². The summed E-state index contributed by atoms with van der Waals surface area (Å²) >= 11 is 5.31. The second kappa shape index (κ2) is 6.96. The van der Waals surface area contributed by atoms with Crippen LogP contribution in [0.3, 0.4) is 0 Å². The van der Waals surface area contributed by atoms with Gasteiger partial charge in [0.1, 0.15) is 5.21 Å². The first-order chi connectivity index (χ1) is 8.50. The molecular weight excluding hydrogens is 276 g/mol. The summed E-state index contributed by atoms with van der Waals surface area (Å²) in [4.78, 5) is 2.27. The standard InChI is InChI=1S/C10H19ClN4O2S/c1-3-14(4-2)5-6-15-8-10(7-12-15)13-18(16,17)9-11/h7-8,13H,3-6,9H2,1-2H3. The van der Waals surface area contributed by atoms with Crippen molar-refractivity contribution in [1.29, 1.82) is 0 Å². The molecule has 8 heteroatoms. The normalized spacial score (nSPS) is 12.0. The minimum Gasteiger partial charge on any atom is -0.302 e. The number of anilines is 1. The lowest BCUT2D eigenvalue weighted by Crippen LogP contribution is -2.27. The van der Waals surface area contributed by atoms with E-state index in [4.69, 9.17) is 11.6 Å². The van der Waals surface area contributed by atoms with Gasteiger partial charge in [0.2, 0.25) is 10.0 Å². The summed E-state index contributed by atoms with van der Waals surface area (Å²) in [6.45, 7) is 7.80. The van der Waals surface area contributed by atoms with Crippen molar-refractivity contribution in [3.63, 3.8) is 0 Å². The fraction of sp³-hybridized carbons (Fsp3) is 0.700. The third-order valence-electron chi connectivity index (χ3n) is 2.59. The number of sulfonamides is 1. The zero-order valence-corrected chi connectivity index (χ0v) is 12.2. The molecule has 0 radical (unpaired) electrons. The Morgan fingerprint density at radius 1 is 1.44 bits per heavy atom. The van der Waals surface area contributed by atoms with Crippen LogP contribution in [0.5, 0.6) is 0 Å². The molecule has 0 atom stereocenters. The average Bonchev–Trinajstić information content (AvgIpc) is 2.77. The highest BCUT2D eigenvalue weighted by atomic mass is 35.5. The minimum atomic E-state index is -3.45. The number of aromatic nitrogens is 2. The van der Waals surface area contributed by atoms with Crippen molar-refractivity contribution in [2.45, 2.75) is 20.4 Å². The predicted molar refractivity (Wildman–Crippen MR) is 73.3 cm³/mol. The average molecular weight is 295 g/mol. The highest BCUT2D eigenvalue weighted by Crippen LogP contribution is 2.08. The molecule has 1 aromatic rings. The Morgan fingerprint density at radius 2 is 2.11 bits per heavy atom. The monoisotopic (exact) mass is 294 g/mol. The van der Waals surface area contributed by atoms with Gasteiger partial charge in [-0.2, -0.15) is 5.10 Å². The molecule has 0 aliphatic heterocycles. The smallest absolute Gasteiger partial charge is 0.246 e. The van der Waals surface area contributed by atoms with E-state index in [0.29, 0.717) is 5.69 Å². The molecule has 6 nitrogen and oxygen atoms in total. The summed E-state index contributed by atoms with van der Waals surface area (Å²) < 4.78 is 26.6. The number of likely N-dealkylation sites (N-methyl/N-ethyl adjacent to an activating group) is 1. The van der Waals surface area contributed by atoms with Crippen molar-refractivity contribution in [2.24, 2.45) is 0 Å². The van der Waals surface area contributed by atoms with Crippen molar-refractivity contribution in [3.05, 3.63) is 12.4 Å². The SMILES string of the molecule is CCN(CC)CCn1cc(NS(=O)(=O)CCl)cn1. The van der Waals surface area contributed by atoms with E-state index < -0.39 is 15.2 Å². The molecule has 18 heavy (non-hydrogen) atoms. The van der Waals surface area contributed by atoms with Crippen molar-refractivity contribution < 1.29 is 8.42 Å². The van der Waals surface area contributed by atoms with Crippen molar-refractivity contribution in [1.82, 2.24) is 14.7 Å². The van der Waals surface area contributed by atoms with Crippen LogP contribution in [0.25, 0.3) is 0 Å². The van der Waals surface area contributed by atoms with Gasteiger partial charge in [0.25, 0.3) is 0 Å². The van der Waals surface area contributed by atoms with Crippen LogP contribution < -0.4 is 4.72 Å². The molecule has 104 valence electrons. The second-order valence-corrected chi connectivity index (χ2v) is 6.15. The van der Waals surface area contributed by atoms with E-state index in [0.717, 1.165) is 26.2 Å². The molecule has 1 aromatic heterocycles.